The quantitative estimate of drug-likeness (QED) is 0.792. The van der Waals surface area contributed by atoms with Crippen LogP contribution in [-0.2, 0) is 9.59 Å². The normalized spacial score (nSPS) is 34.5. The van der Waals surface area contributed by atoms with Gasteiger partial charge in [0.05, 0.1) is 6.54 Å². The summed E-state index contributed by atoms with van der Waals surface area (Å²) in [4.78, 5) is 28.2. The van der Waals surface area contributed by atoms with Crippen LogP contribution in [0.5, 0.6) is 0 Å². The van der Waals surface area contributed by atoms with Crippen molar-refractivity contribution < 1.29 is 9.59 Å². The fraction of sp³-hybridized carbons (Fsp3) is 0.875. The predicted octanol–water partition coefficient (Wildman–Crippen LogP) is 2.04. The maximum Gasteiger partial charge on any atom is 0.245 e. The van der Waals surface area contributed by atoms with Gasteiger partial charge in [0.15, 0.2) is 0 Å². The molecule has 1 saturated carbocycles. The molecule has 4 nitrogen and oxygen atoms in total. The topological polar surface area (TPSA) is 40.6 Å². The van der Waals surface area contributed by atoms with Crippen molar-refractivity contribution >= 4 is 11.8 Å². The number of carbonyl (C=O) groups excluding carboxylic acids is 2. The molecule has 3 rings (SSSR count). The van der Waals surface area contributed by atoms with Gasteiger partial charge in [0, 0.05) is 13.1 Å². The Kier molecular flexibility index (Phi) is 3.99. The van der Waals surface area contributed by atoms with Gasteiger partial charge in [-0.2, -0.15) is 0 Å². The van der Waals surface area contributed by atoms with E-state index in [4.69, 9.17) is 0 Å². The van der Waals surface area contributed by atoms with E-state index < -0.39 is 0 Å². The molecule has 0 spiro atoms. The number of amides is 2. The third kappa shape index (κ3) is 2.57. The molecule has 20 heavy (non-hydrogen) atoms. The van der Waals surface area contributed by atoms with E-state index in [0.717, 1.165) is 31.8 Å². The molecule has 3 aliphatic rings. The van der Waals surface area contributed by atoms with Crippen LogP contribution >= 0.6 is 0 Å². The SMILES string of the molecule is CCC1CCC(CN2CC(=O)N3CCCC3C2=O)CC1. The van der Waals surface area contributed by atoms with Crippen molar-refractivity contribution in [2.24, 2.45) is 11.8 Å². The Bertz CT molecular complexity index is 388. The summed E-state index contributed by atoms with van der Waals surface area (Å²) in [5, 5.41) is 0. The second-order valence-electron chi connectivity index (χ2n) is 6.76. The van der Waals surface area contributed by atoms with Gasteiger partial charge in [-0.25, -0.2) is 0 Å². The first-order valence-electron chi connectivity index (χ1n) is 8.27. The Morgan fingerprint density at radius 3 is 2.45 bits per heavy atom. The molecule has 0 aromatic carbocycles. The van der Waals surface area contributed by atoms with E-state index in [9.17, 15) is 9.59 Å². The molecule has 0 N–H and O–H groups in total. The minimum atomic E-state index is -0.136. The second-order valence-corrected chi connectivity index (χ2v) is 6.76. The van der Waals surface area contributed by atoms with Gasteiger partial charge in [-0.3, -0.25) is 9.59 Å². The summed E-state index contributed by atoms with van der Waals surface area (Å²) in [6, 6.07) is -0.136. The molecule has 0 aromatic heterocycles. The molecule has 2 heterocycles. The lowest BCUT2D eigenvalue weighted by Crippen LogP contribution is -2.58. The van der Waals surface area contributed by atoms with E-state index in [1.165, 1.54) is 32.1 Å². The van der Waals surface area contributed by atoms with Gasteiger partial charge in [0.25, 0.3) is 0 Å². The van der Waals surface area contributed by atoms with Crippen molar-refractivity contribution in [2.45, 2.75) is 57.9 Å². The largest absolute Gasteiger partial charge is 0.331 e. The summed E-state index contributed by atoms with van der Waals surface area (Å²) in [6.07, 6.45) is 8.18. The molecule has 1 unspecified atom stereocenters. The fourth-order valence-corrected chi connectivity index (χ4v) is 4.15. The molecule has 1 aliphatic carbocycles. The molecule has 2 amide bonds. The van der Waals surface area contributed by atoms with E-state index in [0.29, 0.717) is 12.5 Å². The van der Waals surface area contributed by atoms with Crippen LogP contribution in [0.2, 0.25) is 0 Å². The first kappa shape index (κ1) is 13.9. The van der Waals surface area contributed by atoms with Crippen molar-refractivity contribution in [3.05, 3.63) is 0 Å². The van der Waals surface area contributed by atoms with Crippen molar-refractivity contribution in [1.82, 2.24) is 9.80 Å². The molecule has 0 bridgehead atoms. The van der Waals surface area contributed by atoms with Gasteiger partial charge in [-0.1, -0.05) is 26.2 Å². The zero-order valence-corrected chi connectivity index (χ0v) is 12.5. The monoisotopic (exact) mass is 278 g/mol. The van der Waals surface area contributed by atoms with Crippen molar-refractivity contribution in [3.8, 4) is 0 Å². The van der Waals surface area contributed by atoms with Gasteiger partial charge in [0.2, 0.25) is 11.8 Å². The van der Waals surface area contributed by atoms with Crippen LogP contribution in [0.15, 0.2) is 0 Å². The number of piperazine rings is 1. The fourth-order valence-electron chi connectivity index (χ4n) is 4.15. The number of rotatable bonds is 3. The van der Waals surface area contributed by atoms with Gasteiger partial charge in [-0.05, 0) is 37.5 Å². The summed E-state index contributed by atoms with van der Waals surface area (Å²) in [5.41, 5.74) is 0. The molecule has 0 radical (unpaired) electrons. The first-order valence-corrected chi connectivity index (χ1v) is 8.27. The molecule has 4 heteroatoms. The Labute approximate surface area is 121 Å². The summed E-state index contributed by atoms with van der Waals surface area (Å²) in [7, 11) is 0. The lowest BCUT2D eigenvalue weighted by atomic mass is 9.80. The van der Waals surface area contributed by atoms with Crippen molar-refractivity contribution in [3.63, 3.8) is 0 Å². The van der Waals surface area contributed by atoms with Gasteiger partial charge >= 0.3 is 0 Å². The Balaban J connectivity index is 1.57. The third-order valence-electron chi connectivity index (χ3n) is 5.52. The average Bonchev–Trinajstić information content (AvgIpc) is 2.95. The number of nitrogens with zero attached hydrogens (tertiary/aromatic N) is 2. The molecule has 2 aliphatic heterocycles. The molecule has 112 valence electrons. The van der Waals surface area contributed by atoms with Gasteiger partial charge < -0.3 is 9.80 Å². The minimum absolute atomic E-state index is 0.136. The lowest BCUT2D eigenvalue weighted by molar-refractivity contribution is -0.154. The van der Waals surface area contributed by atoms with Crippen LogP contribution in [0.3, 0.4) is 0 Å². The maximum atomic E-state index is 12.5. The smallest absolute Gasteiger partial charge is 0.245 e. The second kappa shape index (κ2) is 5.74. The highest BCUT2D eigenvalue weighted by atomic mass is 16.2. The van der Waals surface area contributed by atoms with E-state index in [2.05, 4.69) is 6.92 Å². The van der Waals surface area contributed by atoms with Crippen LogP contribution in [0.25, 0.3) is 0 Å². The molecule has 0 aromatic rings. The summed E-state index contributed by atoms with van der Waals surface area (Å²) >= 11 is 0. The highest BCUT2D eigenvalue weighted by Gasteiger charge is 2.42. The summed E-state index contributed by atoms with van der Waals surface area (Å²) in [5.74, 6) is 1.87. The third-order valence-corrected chi connectivity index (χ3v) is 5.52. The molecule has 3 fully saturated rings. The molecule has 1 atom stereocenters. The van der Waals surface area contributed by atoms with E-state index in [-0.39, 0.29) is 17.9 Å². The molecular weight excluding hydrogens is 252 g/mol. The van der Waals surface area contributed by atoms with Crippen molar-refractivity contribution in [1.29, 1.82) is 0 Å². The van der Waals surface area contributed by atoms with Gasteiger partial charge in [-0.15, -0.1) is 0 Å². The minimum Gasteiger partial charge on any atom is -0.331 e. The zero-order valence-electron chi connectivity index (χ0n) is 12.5. The average molecular weight is 278 g/mol. The van der Waals surface area contributed by atoms with Crippen molar-refractivity contribution in [2.75, 3.05) is 19.6 Å². The van der Waals surface area contributed by atoms with Crippen LogP contribution in [0, 0.1) is 11.8 Å². The van der Waals surface area contributed by atoms with Crippen LogP contribution < -0.4 is 0 Å². The summed E-state index contributed by atoms with van der Waals surface area (Å²) in [6.45, 7) is 4.19. The van der Waals surface area contributed by atoms with Crippen LogP contribution in [0.4, 0.5) is 0 Å². The number of hydrogen-bond acceptors (Lipinski definition) is 2. The Morgan fingerprint density at radius 2 is 1.75 bits per heavy atom. The Hall–Kier alpha value is -1.06. The number of hydrogen-bond donors (Lipinski definition) is 0. The van der Waals surface area contributed by atoms with E-state index in [1.54, 1.807) is 4.90 Å². The number of fused-ring (bicyclic) bond motifs is 1. The van der Waals surface area contributed by atoms with E-state index in [1.807, 2.05) is 4.90 Å². The Morgan fingerprint density at radius 1 is 1.05 bits per heavy atom. The van der Waals surface area contributed by atoms with Crippen LogP contribution in [0.1, 0.15) is 51.9 Å². The van der Waals surface area contributed by atoms with E-state index >= 15 is 0 Å². The highest BCUT2D eigenvalue weighted by Crippen LogP contribution is 2.32. The lowest BCUT2D eigenvalue weighted by Gasteiger charge is -2.39. The summed E-state index contributed by atoms with van der Waals surface area (Å²) < 4.78 is 0. The standard InChI is InChI=1S/C16H26N2O2/c1-2-12-5-7-13(8-6-12)10-17-11-15(19)18-9-3-4-14(18)16(17)20/h12-14H,2-11H2,1H3. The predicted molar refractivity (Wildman–Crippen MR) is 77.1 cm³/mol. The first-order chi connectivity index (χ1) is 9.69. The van der Waals surface area contributed by atoms with Gasteiger partial charge in [0.1, 0.15) is 6.04 Å². The maximum absolute atomic E-state index is 12.5. The molecular formula is C16H26N2O2. The highest BCUT2D eigenvalue weighted by molar-refractivity contribution is 5.95. The zero-order chi connectivity index (χ0) is 14.1. The number of carbonyl (C=O) groups is 2. The van der Waals surface area contributed by atoms with Crippen LogP contribution in [-0.4, -0.2) is 47.3 Å². The molecule has 2 saturated heterocycles.